The Kier molecular flexibility index (Phi) is 3.93. The third-order valence-electron chi connectivity index (χ3n) is 3.46. The van der Waals surface area contributed by atoms with E-state index < -0.39 is 10.1 Å². The molecule has 0 heterocycles. The van der Waals surface area contributed by atoms with Crippen molar-refractivity contribution in [1.29, 1.82) is 0 Å². The van der Waals surface area contributed by atoms with Crippen LogP contribution in [0.5, 0.6) is 11.5 Å². The molecule has 0 amide bonds. The topological polar surface area (TPSA) is 94.8 Å². The number of hydrogen-bond donors (Lipinski definition) is 3. The van der Waals surface area contributed by atoms with Crippen molar-refractivity contribution in [2.45, 2.75) is 24.7 Å². The fraction of sp³-hybridized carbons (Fsp3) is 0.200. The first-order valence-corrected chi connectivity index (χ1v) is 7.74. The molecule has 2 aromatic carbocycles. The van der Waals surface area contributed by atoms with Crippen molar-refractivity contribution >= 4 is 10.1 Å². The largest absolute Gasteiger partial charge is 0.508 e. The molecule has 0 radical (unpaired) electrons. The summed E-state index contributed by atoms with van der Waals surface area (Å²) in [6, 6.07) is 8.89. The van der Waals surface area contributed by atoms with Crippen molar-refractivity contribution in [3.05, 3.63) is 53.1 Å². The molecule has 1 unspecified atom stereocenters. The molecule has 0 spiro atoms. The van der Waals surface area contributed by atoms with Crippen molar-refractivity contribution in [3.63, 3.8) is 0 Å². The van der Waals surface area contributed by atoms with Crippen molar-refractivity contribution in [3.8, 4) is 11.5 Å². The van der Waals surface area contributed by atoms with Crippen molar-refractivity contribution in [2.24, 2.45) is 0 Å². The zero-order valence-electron chi connectivity index (χ0n) is 11.6. The molecule has 5 nitrogen and oxygen atoms in total. The third-order valence-corrected chi connectivity index (χ3v) is 4.29. The summed E-state index contributed by atoms with van der Waals surface area (Å²) in [6.45, 7) is 3.37. The van der Waals surface area contributed by atoms with Crippen LogP contribution >= 0.6 is 0 Å². The van der Waals surface area contributed by atoms with Gasteiger partial charge in [0.05, 0.1) is 4.90 Å². The molecule has 0 saturated carbocycles. The molecule has 6 heteroatoms. The fourth-order valence-corrected chi connectivity index (χ4v) is 2.80. The highest BCUT2D eigenvalue weighted by molar-refractivity contribution is 7.85. The summed E-state index contributed by atoms with van der Waals surface area (Å²) < 4.78 is 31.8. The Balaban J connectivity index is 2.57. The van der Waals surface area contributed by atoms with Gasteiger partial charge in [-0.2, -0.15) is 8.42 Å². The van der Waals surface area contributed by atoms with Gasteiger partial charge in [0.15, 0.2) is 0 Å². The summed E-state index contributed by atoms with van der Waals surface area (Å²) >= 11 is 0. The lowest BCUT2D eigenvalue weighted by molar-refractivity contribution is 0.459. The summed E-state index contributed by atoms with van der Waals surface area (Å²) in [5.74, 6) is -0.188. The van der Waals surface area contributed by atoms with Gasteiger partial charge >= 0.3 is 0 Å². The average Bonchev–Trinajstić information content (AvgIpc) is 2.40. The highest BCUT2D eigenvalue weighted by Crippen LogP contribution is 2.35. The summed E-state index contributed by atoms with van der Waals surface area (Å²) in [4.78, 5) is -0.251. The Morgan fingerprint density at radius 1 is 1.05 bits per heavy atom. The Morgan fingerprint density at radius 3 is 2.14 bits per heavy atom. The van der Waals surface area contributed by atoms with E-state index in [9.17, 15) is 23.2 Å². The predicted molar refractivity (Wildman–Crippen MR) is 78.3 cm³/mol. The van der Waals surface area contributed by atoms with Crippen LogP contribution in [0.4, 0.5) is 0 Å². The molecule has 1 atom stereocenters. The first-order chi connectivity index (χ1) is 9.70. The summed E-state index contributed by atoms with van der Waals surface area (Å²) in [7, 11) is -4.34. The molecule has 0 aliphatic heterocycles. The van der Waals surface area contributed by atoms with Crippen LogP contribution in [-0.2, 0) is 10.1 Å². The molecular formula is C15H16O5S. The molecule has 0 fully saturated rings. The van der Waals surface area contributed by atoms with Gasteiger partial charge in [0.25, 0.3) is 10.1 Å². The van der Waals surface area contributed by atoms with Gasteiger partial charge in [0.1, 0.15) is 11.5 Å². The second-order valence-corrected chi connectivity index (χ2v) is 6.39. The van der Waals surface area contributed by atoms with E-state index in [0.717, 1.165) is 5.56 Å². The molecule has 3 N–H and O–H groups in total. The zero-order valence-corrected chi connectivity index (χ0v) is 12.4. The van der Waals surface area contributed by atoms with Crippen LogP contribution in [0.25, 0.3) is 0 Å². The maximum absolute atomic E-state index is 11.3. The molecule has 2 rings (SSSR count). The van der Waals surface area contributed by atoms with E-state index >= 15 is 0 Å². The van der Waals surface area contributed by atoms with Gasteiger partial charge in [-0.25, -0.2) is 0 Å². The minimum atomic E-state index is -4.34. The fourth-order valence-electron chi connectivity index (χ4n) is 2.19. The van der Waals surface area contributed by atoms with E-state index in [-0.39, 0.29) is 22.3 Å². The maximum Gasteiger partial charge on any atom is 0.294 e. The van der Waals surface area contributed by atoms with Crippen LogP contribution in [0.15, 0.2) is 41.3 Å². The van der Waals surface area contributed by atoms with E-state index in [0.29, 0.717) is 11.1 Å². The van der Waals surface area contributed by atoms with Crippen LogP contribution in [0.1, 0.15) is 29.5 Å². The van der Waals surface area contributed by atoms with Crippen molar-refractivity contribution in [2.75, 3.05) is 0 Å². The van der Waals surface area contributed by atoms with Gasteiger partial charge in [0.2, 0.25) is 0 Å². The lowest BCUT2D eigenvalue weighted by Crippen LogP contribution is -2.03. The van der Waals surface area contributed by atoms with Gasteiger partial charge in [-0.15, -0.1) is 0 Å². The molecule has 0 aliphatic carbocycles. The number of aromatic hydroxyl groups is 2. The Bertz CT molecular complexity index is 763. The number of rotatable bonds is 3. The van der Waals surface area contributed by atoms with E-state index in [1.54, 1.807) is 26.0 Å². The highest BCUT2D eigenvalue weighted by Gasteiger charge is 2.19. The monoisotopic (exact) mass is 308 g/mol. The number of benzene rings is 2. The van der Waals surface area contributed by atoms with Crippen molar-refractivity contribution in [1.82, 2.24) is 0 Å². The molecular weight excluding hydrogens is 292 g/mol. The van der Waals surface area contributed by atoms with E-state index in [1.807, 2.05) is 0 Å². The third kappa shape index (κ3) is 3.17. The molecule has 21 heavy (non-hydrogen) atoms. The van der Waals surface area contributed by atoms with Crippen LogP contribution in [0, 0.1) is 6.92 Å². The first-order valence-electron chi connectivity index (χ1n) is 6.30. The van der Waals surface area contributed by atoms with Gasteiger partial charge in [0, 0.05) is 11.5 Å². The minimum Gasteiger partial charge on any atom is -0.508 e. The number of phenolic OH excluding ortho intramolecular Hbond substituents is 2. The number of hydrogen-bond acceptors (Lipinski definition) is 4. The Hall–Kier alpha value is -2.05. The smallest absolute Gasteiger partial charge is 0.294 e. The van der Waals surface area contributed by atoms with Gasteiger partial charge < -0.3 is 10.2 Å². The Morgan fingerprint density at radius 2 is 1.62 bits per heavy atom. The van der Waals surface area contributed by atoms with Crippen molar-refractivity contribution < 1.29 is 23.2 Å². The van der Waals surface area contributed by atoms with Gasteiger partial charge in [-0.3, -0.25) is 4.55 Å². The van der Waals surface area contributed by atoms with E-state index in [1.165, 1.54) is 24.3 Å². The highest BCUT2D eigenvalue weighted by atomic mass is 32.2. The SMILES string of the molecule is Cc1cc(S(=O)(=O)O)cc(C(C)c2ccc(O)cc2)c1O. The number of aryl methyl sites for hydroxylation is 1. The molecule has 0 aromatic heterocycles. The van der Waals surface area contributed by atoms with E-state index in [2.05, 4.69) is 0 Å². The molecule has 0 aliphatic rings. The Labute approximate surface area is 123 Å². The molecule has 0 bridgehead atoms. The van der Waals surface area contributed by atoms with Crippen LogP contribution < -0.4 is 0 Å². The lowest BCUT2D eigenvalue weighted by atomic mass is 9.91. The normalized spacial score (nSPS) is 13.1. The second-order valence-electron chi connectivity index (χ2n) is 4.97. The zero-order chi connectivity index (χ0) is 15.8. The van der Waals surface area contributed by atoms with Crippen LogP contribution in [0.2, 0.25) is 0 Å². The van der Waals surface area contributed by atoms with Crippen LogP contribution in [0.3, 0.4) is 0 Å². The predicted octanol–water partition coefficient (Wildman–Crippen LogP) is 2.80. The summed E-state index contributed by atoms with van der Waals surface area (Å²) in [5, 5.41) is 19.4. The van der Waals surface area contributed by atoms with E-state index in [4.69, 9.17) is 0 Å². The quantitative estimate of drug-likeness (QED) is 0.758. The first kappa shape index (κ1) is 15.3. The summed E-state index contributed by atoms with van der Waals surface area (Å²) in [6.07, 6.45) is 0. The van der Waals surface area contributed by atoms with Gasteiger partial charge in [-0.05, 0) is 42.3 Å². The maximum atomic E-state index is 11.3. The summed E-state index contributed by atoms with van der Waals surface area (Å²) in [5.41, 5.74) is 1.56. The van der Waals surface area contributed by atoms with Gasteiger partial charge in [-0.1, -0.05) is 19.1 Å². The standard InChI is InChI=1S/C15H16O5S/c1-9-7-13(21(18,19)20)8-14(15(9)17)10(2)11-3-5-12(16)6-4-11/h3-8,10,16-17H,1-2H3,(H,18,19,20). The molecule has 112 valence electrons. The molecule has 0 saturated heterocycles. The minimum absolute atomic E-state index is 0.0111. The number of phenols is 2. The second kappa shape index (κ2) is 5.38. The molecule has 2 aromatic rings. The average molecular weight is 308 g/mol. The lowest BCUT2D eigenvalue weighted by Gasteiger charge is -2.16. The van der Waals surface area contributed by atoms with Crippen LogP contribution in [-0.4, -0.2) is 23.2 Å².